The summed E-state index contributed by atoms with van der Waals surface area (Å²) >= 11 is 0. The van der Waals surface area contributed by atoms with Gasteiger partial charge in [0.15, 0.2) is 5.65 Å². The standard InChI is InChI=1S/C23H31N7O5S/c1-23(2,3)35-22(31)29-36(32,33)27-12-15-6-5-10-30(11-9-15)21-19-16-7-8-18(34-4)28-20(16)24-13-17(19)25-14-26-21/h7-8,13-15,27H,5-6,9-12H2,1-4H3,(H,29,31). The van der Waals surface area contributed by atoms with Crippen molar-refractivity contribution in [1.82, 2.24) is 29.4 Å². The lowest BCUT2D eigenvalue weighted by molar-refractivity contribution is 0.0569. The molecule has 2 N–H and O–H groups in total. The maximum Gasteiger partial charge on any atom is 0.422 e. The number of methoxy groups -OCH3 is 1. The highest BCUT2D eigenvalue weighted by atomic mass is 32.2. The Hall–Kier alpha value is -3.32. The van der Waals surface area contributed by atoms with Crippen molar-refractivity contribution in [3.63, 3.8) is 0 Å². The Morgan fingerprint density at radius 1 is 1.17 bits per heavy atom. The van der Waals surface area contributed by atoms with Crippen molar-refractivity contribution < 1.29 is 22.7 Å². The maximum atomic E-state index is 12.3. The van der Waals surface area contributed by atoms with Crippen LogP contribution >= 0.6 is 0 Å². The molecule has 0 spiro atoms. The van der Waals surface area contributed by atoms with E-state index in [4.69, 9.17) is 9.47 Å². The first-order valence-electron chi connectivity index (χ1n) is 11.7. The van der Waals surface area contributed by atoms with Crippen molar-refractivity contribution >= 4 is 44.1 Å². The van der Waals surface area contributed by atoms with Crippen molar-refractivity contribution in [2.75, 3.05) is 31.6 Å². The van der Waals surface area contributed by atoms with Gasteiger partial charge in [0.2, 0.25) is 5.88 Å². The van der Waals surface area contributed by atoms with Crippen LogP contribution in [0.4, 0.5) is 10.6 Å². The van der Waals surface area contributed by atoms with Crippen LogP contribution in [0.1, 0.15) is 40.0 Å². The van der Waals surface area contributed by atoms with Gasteiger partial charge < -0.3 is 14.4 Å². The number of anilines is 1. The first-order valence-corrected chi connectivity index (χ1v) is 13.2. The SMILES string of the molecule is COc1ccc2c(ncc3ncnc(N4CCCC(CNS(=O)(=O)NC(=O)OC(C)(C)C)CC4)c32)n1. The molecule has 194 valence electrons. The van der Waals surface area contributed by atoms with E-state index in [0.29, 0.717) is 18.1 Å². The Morgan fingerprint density at radius 2 is 1.97 bits per heavy atom. The van der Waals surface area contributed by atoms with Crippen molar-refractivity contribution in [2.45, 2.75) is 45.6 Å². The van der Waals surface area contributed by atoms with Crippen LogP contribution in [0.2, 0.25) is 0 Å². The Bertz CT molecular complexity index is 1360. The van der Waals surface area contributed by atoms with E-state index in [1.165, 1.54) is 6.33 Å². The number of hydrogen-bond acceptors (Lipinski definition) is 10. The number of aromatic nitrogens is 4. The molecule has 0 aromatic carbocycles. The molecule has 0 radical (unpaired) electrons. The Labute approximate surface area is 210 Å². The number of ether oxygens (including phenoxy) is 2. The Balaban J connectivity index is 1.45. The van der Waals surface area contributed by atoms with Crippen LogP contribution in [0, 0.1) is 5.92 Å². The molecule has 3 aromatic heterocycles. The van der Waals surface area contributed by atoms with Gasteiger partial charge in [-0.25, -0.2) is 24.5 Å². The number of carbonyl (C=O) groups excluding carboxylic acids is 1. The molecule has 1 amide bonds. The third kappa shape index (κ3) is 6.26. The molecule has 1 atom stereocenters. The topological polar surface area (TPSA) is 149 Å². The molecule has 4 heterocycles. The first kappa shape index (κ1) is 25.8. The van der Waals surface area contributed by atoms with Crippen LogP contribution in [0.25, 0.3) is 21.9 Å². The molecule has 0 saturated carbocycles. The molecule has 1 unspecified atom stereocenters. The molecule has 12 nitrogen and oxygen atoms in total. The highest BCUT2D eigenvalue weighted by Gasteiger charge is 2.24. The van der Waals surface area contributed by atoms with Crippen LogP contribution in [-0.4, -0.2) is 66.8 Å². The first-order chi connectivity index (χ1) is 17.0. The molecule has 1 aliphatic heterocycles. The summed E-state index contributed by atoms with van der Waals surface area (Å²) in [7, 11) is -2.46. The summed E-state index contributed by atoms with van der Waals surface area (Å²) < 4.78 is 39.2. The predicted molar refractivity (Wildman–Crippen MR) is 135 cm³/mol. The minimum Gasteiger partial charge on any atom is -0.481 e. The molecule has 36 heavy (non-hydrogen) atoms. The Morgan fingerprint density at radius 3 is 2.72 bits per heavy atom. The summed E-state index contributed by atoms with van der Waals surface area (Å²) in [6.45, 7) is 6.66. The van der Waals surface area contributed by atoms with E-state index in [-0.39, 0.29) is 12.5 Å². The van der Waals surface area contributed by atoms with E-state index < -0.39 is 21.9 Å². The van der Waals surface area contributed by atoms with Crippen molar-refractivity contribution in [1.29, 1.82) is 0 Å². The molecule has 1 saturated heterocycles. The minimum absolute atomic E-state index is 0.0997. The molecule has 3 aromatic rings. The molecule has 4 rings (SSSR count). The van der Waals surface area contributed by atoms with Gasteiger partial charge >= 0.3 is 16.3 Å². The fourth-order valence-electron chi connectivity index (χ4n) is 4.20. The van der Waals surface area contributed by atoms with E-state index in [1.807, 2.05) is 10.8 Å². The third-order valence-corrected chi connectivity index (χ3v) is 6.80. The average Bonchev–Trinajstić information content (AvgIpc) is 3.06. The zero-order valence-corrected chi connectivity index (χ0v) is 21.6. The van der Waals surface area contributed by atoms with E-state index in [0.717, 1.165) is 47.9 Å². The summed E-state index contributed by atoms with van der Waals surface area (Å²) in [5.41, 5.74) is 0.484. The predicted octanol–water partition coefficient (Wildman–Crippen LogP) is 2.55. The molecule has 13 heteroatoms. The molecule has 0 bridgehead atoms. The van der Waals surface area contributed by atoms with Gasteiger partial charge in [0.1, 0.15) is 17.7 Å². The Kier molecular flexibility index (Phi) is 7.41. The maximum absolute atomic E-state index is 12.3. The summed E-state index contributed by atoms with van der Waals surface area (Å²) in [4.78, 5) is 31.9. The van der Waals surface area contributed by atoms with Crippen LogP contribution in [-0.2, 0) is 14.9 Å². The number of nitrogens with one attached hydrogen (secondary N) is 2. The number of nitrogens with zero attached hydrogens (tertiary/aromatic N) is 5. The quantitative estimate of drug-likeness (QED) is 0.467. The van der Waals surface area contributed by atoms with Crippen molar-refractivity contribution in [3.05, 3.63) is 24.7 Å². The van der Waals surface area contributed by atoms with E-state index in [9.17, 15) is 13.2 Å². The normalized spacial score (nSPS) is 17.1. The van der Waals surface area contributed by atoms with Gasteiger partial charge in [-0.1, -0.05) is 0 Å². The summed E-state index contributed by atoms with van der Waals surface area (Å²) in [6, 6.07) is 3.70. The van der Waals surface area contributed by atoms with E-state index in [1.54, 1.807) is 40.1 Å². The molecule has 1 aliphatic rings. The molecule has 0 aliphatic carbocycles. The van der Waals surface area contributed by atoms with Crippen molar-refractivity contribution in [2.24, 2.45) is 5.92 Å². The second-order valence-corrected chi connectivity index (χ2v) is 11.2. The van der Waals surface area contributed by atoms with Gasteiger partial charge in [-0.3, -0.25) is 0 Å². The van der Waals surface area contributed by atoms with Crippen LogP contribution in [0.15, 0.2) is 24.7 Å². The minimum atomic E-state index is -4.02. The summed E-state index contributed by atoms with van der Waals surface area (Å²) in [5, 5.41) is 1.71. The van der Waals surface area contributed by atoms with Gasteiger partial charge in [0.05, 0.1) is 24.2 Å². The summed E-state index contributed by atoms with van der Waals surface area (Å²) in [6.07, 6.45) is 4.63. The van der Waals surface area contributed by atoms with Gasteiger partial charge in [0, 0.05) is 31.1 Å². The fraction of sp³-hybridized carbons (Fsp3) is 0.522. The zero-order chi connectivity index (χ0) is 25.9. The third-order valence-electron chi connectivity index (χ3n) is 5.82. The van der Waals surface area contributed by atoms with Crippen LogP contribution < -0.4 is 19.1 Å². The highest BCUT2D eigenvalue weighted by Crippen LogP contribution is 2.31. The van der Waals surface area contributed by atoms with Gasteiger partial charge in [-0.2, -0.15) is 18.1 Å². The molecular weight excluding hydrogens is 486 g/mol. The van der Waals surface area contributed by atoms with Gasteiger partial charge in [-0.15, -0.1) is 0 Å². The number of fused-ring (bicyclic) bond motifs is 3. The summed E-state index contributed by atoms with van der Waals surface area (Å²) in [5.74, 6) is 1.38. The lowest BCUT2D eigenvalue weighted by atomic mass is 10.0. The number of pyridine rings is 2. The van der Waals surface area contributed by atoms with Crippen LogP contribution in [0.5, 0.6) is 5.88 Å². The van der Waals surface area contributed by atoms with Gasteiger partial charge in [0.25, 0.3) is 0 Å². The second-order valence-electron chi connectivity index (χ2n) is 9.68. The average molecular weight is 518 g/mol. The smallest absolute Gasteiger partial charge is 0.422 e. The monoisotopic (exact) mass is 517 g/mol. The van der Waals surface area contributed by atoms with E-state index in [2.05, 4.69) is 29.6 Å². The lowest BCUT2D eigenvalue weighted by Gasteiger charge is -2.23. The number of amides is 1. The second kappa shape index (κ2) is 10.3. The van der Waals surface area contributed by atoms with Crippen molar-refractivity contribution in [3.8, 4) is 5.88 Å². The fourth-order valence-corrected chi connectivity index (χ4v) is 4.99. The highest BCUT2D eigenvalue weighted by molar-refractivity contribution is 7.88. The lowest BCUT2D eigenvalue weighted by Crippen LogP contribution is -2.44. The van der Waals surface area contributed by atoms with E-state index >= 15 is 0 Å². The zero-order valence-electron chi connectivity index (χ0n) is 20.8. The number of rotatable bonds is 6. The molecular formula is C23H31N7O5S. The molecule has 1 fully saturated rings. The van der Waals surface area contributed by atoms with Gasteiger partial charge in [-0.05, 0) is 52.0 Å². The number of carbonyl (C=O) groups is 1. The largest absolute Gasteiger partial charge is 0.481 e. The number of hydrogen-bond donors (Lipinski definition) is 2. The van der Waals surface area contributed by atoms with Crippen LogP contribution in [0.3, 0.4) is 0 Å².